The van der Waals surface area contributed by atoms with Crippen molar-refractivity contribution in [3.63, 3.8) is 0 Å². The van der Waals surface area contributed by atoms with E-state index in [1.807, 2.05) is 0 Å². The fourth-order valence-electron chi connectivity index (χ4n) is 2.71. The zero-order chi connectivity index (χ0) is 13.9. The molecule has 0 bridgehead atoms. The van der Waals surface area contributed by atoms with E-state index in [4.69, 9.17) is 5.10 Å². The topological polar surface area (TPSA) is 12.4 Å². The van der Waals surface area contributed by atoms with Crippen LogP contribution < -0.4 is 0 Å². The van der Waals surface area contributed by atoms with E-state index in [0.717, 1.165) is 10.9 Å². The summed E-state index contributed by atoms with van der Waals surface area (Å²) in [6, 6.07) is 8.72. The molecule has 0 aromatic heterocycles. The average Bonchev–Trinajstić information content (AvgIpc) is 2.33. The standard InChI is InChI=1S/C16H24BrN2/c1-19(2,3)18-16-7-5-4-6-14(16)12-13-8-10-15(17)11-9-13/h8-11,14H,4-7,12H2,1-3H3/q+1/b18-16+. The number of hydrogen-bond donors (Lipinski definition) is 0. The van der Waals surface area contributed by atoms with Crippen LogP contribution in [0.15, 0.2) is 33.8 Å². The van der Waals surface area contributed by atoms with Gasteiger partial charge in [0.2, 0.25) is 0 Å². The van der Waals surface area contributed by atoms with E-state index in [-0.39, 0.29) is 0 Å². The molecule has 104 valence electrons. The highest BCUT2D eigenvalue weighted by molar-refractivity contribution is 9.10. The maximum atomic E-state index is 4.91. The van der Waals surface area contributed by atoms with Gasteiger partial charge in [0.05, 0.1) is 26.9 Å². The van der Waals surface area contributed by atoms with Crippen LogP contribution in [-0.4, -0.2) is 31.4 Å². The van der Waals surface area contributed by atoms with Crippen LogP contribution in [0.5, 0.6) is 0 Å². The van der Waals surface area contributed by atoms with Crippen molar-refractivity contribution >= 4 is 21.6 Å². The lowest BCUT2D eigenvalue weighted by Gasteiger charge is -2.26. The number of rotatable bonds is 3. The normalized spacial score (nSPS) is 22.7. The van der Waals surface area contributed by atoms with Crippen LogP contribution in [0.25, 0.3) is 0 Å². The second-order valence-corrected chi connectivity index (χ2v) is 7.22. The molecule has 1 fully saturated rings. The molecule has 1 unspecified atom stereocenters. The van der Waals surface area contributed by atoms with Gasteiger partial charge in [-0.3, -0.25) is 0 Å². The zero-order valence-corrected chi connectivity index (χ0v) is 13.8. The quantitative estimate of drug-likeness (QED) is 0.582. The SMILES string of the molecule is C[N+](C)(C)/N=C1\CCCCC1Cc1ccc(Br)cc1. The molecule has 1 aliphatic carbocycles. The van der Waals surface area contributed by atoms with Crippen LogP contribution in [0.3, 0.4) is 0 Å². The van der Waals surface area contributed by atoms with Crippen molar-refractivity contribution in [2.75, 3.05) is 21.1 Å². The molecule has 0 amide bonds. The predicted octanol–water partition coefficient (Wildman–Crippen LogP) is 4.24. The highest BCUT2D eigenvalue weighted by Crippen LogP contribution is 2.26. The van der Waals surface area contributed by atoms with Crippen molar-refractivity contribution in [2.24, 2.45) is 11.0 Å². The molecule has 2 nitrogen and oxygen atoms in total. The number of nitrogens with zero attached hydrogens (tertiary/aromatic N) is 2. The molecule has 0 saturated heterocycles. The Hall–Kier alpha value is -0.670. The summed E-state index contributed by atoms with van der Waals surface area (Å²) in [5.41, 5.74) is 2.84. The Morgan fingerprint density at radius 2 is 1.84 bits per heavy atom. The fourth-order valence-corrected chi connectivity index (χ4v) is 2.97. The molecule has 0 spiro atoms. The van der Waals surface area contributed by atoms with Gasteiger partial charge < -0.3 is 0 Å². The van der Waals surface area contributed by atoms with E-state index in [1.165, 1.54) is 37.0 Å². The maximum Gasteiger partial charge on any atom is 0.0923 e. The molecule has 1 aliphatic rings. The van der Waals surface area contributed by atoms with E-state index >= 15 is 0 Å². The van der Waals surface area contributed by atoms with E-state index in [2.05, 4.69) is 61.3 Å². The van der Waals surface area contributed by atoms with Gasteiger partial charge in [-0.25, -0.2) is 4.59 Å². The predicted molar refractivity (Wildman–Crippen MR) is 85.3 cm³/mol. The Morgan fingerprint density at radius 3 is 2.47 bits per heavy atom. The third-order valence-electron chi connectivity index (χ3n) is 3.53. The Labute approximate surface area is 125 Å². The summed E-state index contributed by atoms with van der Waals surface area (Å²) < 4.78 is 1.84. The summed E-state index contributed by atoms with van der Waals surface area (Å²) in [6.07, 6.45) is 6.24. The Bertz CT molecular complexity index is 443. The van der Waals surface area contributed by atoms with Crippen molar-refractivity contribution in [1.29, 1.82) is 0 Å². The first-order chi connectivity index (χ1) is 8.94. The van der Waals surface area contributed by atoms with Crippen LogP contribution in [0.2, 0.25) is 0 Å². The van der Waals surface area contributed by atoms with Crippen molar-refractivity contribution < 1.29 is 4.59 Å². The first-order valence-electron chi connectivity index (χ1n) is 7.09. The fraction of sp³-hybridized carbons (Fsp3) is 0.562. The third kappa shape index (κ3) is 4.73. The summed E-state index contributed by atoms with van der Waals surface area (Å²) >= 11 is 3.50. The summed E-state index contributed by atoms with van der Waals surface area (Å²) in [5.74, 6) is 0.632. The van der Waals surface area contributed by atoms with E-state index in [0.29, 0.717) is 10.5 Å². The molecule has 1 atom stereocenters. The third-order valence-corrected chi connectivity index (χ3v) is 4.06. The highest BCUT2D eigenvalue weighted by Gasteiger charge is 2.23. The van der Waals surface area contributed by atoms with Gasteiger partial charge in [0.25, 0.3) is 0 Å². The molecule has 1 aromatic carbocycles. The van der Waals surface area contributed by atoms with E-state index < -0.39 is 0 Å². The minimum absolute atomic E-state index is 0.632. The van der Waals surface area contributed by atoms with Gasteiger partial charge in [-0.1, -0.05) is 39.6 Å². The number of hydrogen-bond acceptors (Lipinski definition) is 1. The van der Waals surface area contributed by atoms with Crippen molar-refractivity contribution in [1.82, 2.24) is 0 Å². The van der Waals surface area contributed by atoms with Crippen molar-refractivity contribution in [2.45, 2.75) is 32.1 Å². The lowest BCUT2D eigenvalue weighted by Crippen LogP contribution is -2.33. The number of benzene rings is 1. The molecule has 0 N–H and O–H groups in total. The monoisotopic (exact) mass is 323 g/mol. The molecule has 3 heteroatoms. The van der Waals surface area contributed by atoms with Crippen LogP contribution >= 0.6 is 15.9 Å². The van der Waals surface area contributed by atoms with Crippen molar-refractivity contribution in [3.05, 3.63) is 34.3 Å². The average molecular weight is 324 g/mol. The van der Waals surface area contributed by atoms with Gasteiger partial charge in [0.1, 0.15) is 0 Å². The molecule has 19 heavy (non-hydrogen) atoms. The van der Waals surface area contributed by atoms with Crippen LogP contribution in [0.1, 0.15) is 31.2 Å². The molecule has 2 rings (SSSR count). The second-order valence-electron chi connectivity index (χ2n) is 6.31. The van der Waals surface area contributed by atoms with Gasteiger partial charge in [0.15, 0.2) is 0 Å². The van der Waals surface area contributed by atoms with Crippen LogP contribution in [0.4, 0.5) is 0 Å². The molecule has 1 aromatic rings. The molecule has 1 saturated carbocycles. The lowest BCUT2D eigenvalue weighted by atomic mass is 9.83. The lowest BCUT2D eigenvalue weighted by molar-refractivity contribution is -0.877. The van der Waals surface area contributed by atoms with Crippen molar-refractivity contribution in [3.8, 4) is 0 Å². The van der Waals surface area contributed by atoms with Gasteiger partial charge >= 0.3 is 0 Å². The maximum absolute atomic E-state index is 4.91. The largest absolute Gasteiger partial charge is 0.205 e. The second kappa shape index (κ2) is 6.19. The molecule has 0 radical (unpaired) electrons. The summed E-state index contributed by atoms with van der Waals surface area (Å²) in [6.45, 7) is 0. The molecule has 0 aliphatic heterocycles. The summed E-state index contributed by atoms with van der Waals surface area (Å²) in [7, 11) is 6.41. The van der Waals surface area contributed by atoms with Gasteiger partial charge in [-0.05, 0) is 43.4 Å². The molecular weight excluding hydrogens is 300 g/mol. The van der Waals surface area contributed by atoms with E-state index in [9.17, 15) is 0 Å². The van der Waals surface area contributed by atoms with Crippen LogP contribution in [-0.2, 0) is 6.42 Å². The summed E-state index contributed by atoms with van der Waals surface area (Å²) in [4.78, 5) is 0. The minimum atomic E-state index is 0.632. The number of quaternary nitrogens is 1. The zero-order valence-electron chi connectivity index (χ0n) is 12.2. The summed E-state index contributed by atoms with van der Waals surface area (Å²) in [5, 5.41) is 4.91. The Balaban J connectivity index is 2.12. The smallest absolute Gasteiger partial charge is 0.0923 e. The Kier molecular flexibility index (Phi) is 4.80. The highest BCUT2D eigenvalue weighted by atomic mass is 79.9. The van der Waals surface area contributed by atoms with Gasteiger partial charge in [0, 0.05) is 10.4 Å². The van der Waals surface area contributed by atoms with Crippen LogP contribution in [0, 0.1) is 5.92 Å². The molecular formula is C16H24BrN2+. The van der Waals surface area contributed by atoms with Gasteiger partial charge in [-0.15, -0.1) is 0 Å². The number of halogens is 1. The first-order valence-corrected chi connectivity index (χ1v) is 7.88. The minimum Gasteiger partial charge on any atom is -0.205 e. The first kappa shape index (κ1) is 14.7. The van der Waals surface area contributed by atoms with E-state index in [1.54, 1.807) is 0 Å². The molecule has 0 heterocycles. The Morgan fingerprint density at radius 1 is 1.16 bits per heavy atom. The van der Waals surface area contributed by atoms with Gasteiger partial charge in [-0.2, -0.15) is 0 Å².